The molecule has 4 rings (SSSR count). The molecule has 2 aliphatic heterocycles. The van der Waals surface area contributed by atoms with Crippen LogP contribution in [0, 0.1) is 0 Å². The van der Waals surface area contributed by atoms with E-state index < -0.39 is 0 Å². The van der Waals surface area contributed by atoms with Gasteiger partial charge in [0.25, 0.3) is 0 Å². The molecule has 0 bridgehead atoms. The summed E-state index contributed by atoms with van der Waals surface area (Å²) in [5.41, 5.74) is 3.94. The van der Waals surface area contributed by atoms with Crippen LogP contribution < -0.4 is 10.6 Å². The zero-order chi connectivity index (χ0) is 21.0. The Hall–Kier alpha value is -0.542. The third-order valence-corrected chi connectivity index (χ3v) is 13.3. The van der Waals surface area contributed by atoms with E-state index in [1.54, 1.807) is 29.0 Å². The molecule has 0 saturated carbocycles. The van der Waals surface area contributed by atoms with E-state index in [-0.39, 0.29) is 48.2 Å². The van der Waals surface area contributed by atoms with Crippen molar-refractivity contribution in [3.05, 3.63) is 54.1 Å². The molecular formula is C25H33O2P2Pt-. The summed E-state index contributed by atoms with van der Waals surface area (Å²) in [4.78, 5) is 9.94. The maximum Gasteiger partial charge on any atom is 0.0662 e. The van der Waals surface area contributed by atoms with Gasteiger partial charge in [0.05, 0.1) is 6.29 Å². The van der Waals surface area contributed by atoms with E-state index >= 15 is 0 Å². The van der Waals surface area contributed by atoms with E-state index in [9.17, 15) is 4.79 Å². The summed E-state index contributed by atoms with van der Waals surface area (Å²) in [6, 6.07) is 15.8. The van der Waals surface area contributed by atoms with Gasteiger partial charge in [-0.05, 0) is 58.9 Å². The van der Waals surface area contributed by atoms with Crippen molar-refractivity contribution in [3.63, 3.8) is 0 Å². The molecule has 2 aliphatic rings. The van der Waals surface area contributed by atoms with Crippen molar-refractivity contribution in [2.24, 2.45) is 0 Å². The minimum absolute atomic E-state index is 0. The van der Waals surface area contributed by atoms with E-state index in [1.807, 2.05) is 0 Å². The largest absolute Gasteiger partial charge is 0.565 e. The molecule has 0 radical (unpaired) electrons. The predicted molar refractivity (Wildman–Crippen MR) is 129 cm³/mol. The minimum atomic E-state index is -0.0208. The molecule has 30 heavy (non-hydrogen) atoms. The van der Waals surface area contributed by atoms with E-state index in [0.29, 0.717) is 0 Å². The Bertz CT molecular complexity index is 765. The van der Waals surface area contributed by atoms with Gasteiger partial charge in [-0.15, -0.1) is 11.6 Å². The molecule has 1 unspecified atom stereocenters. The van der Waals surface area contributed by atoms with Gasteiger partial charge < -0.3 is 9.90 Å². The SMILES string of the molecule is C[C@@H]1CC[C@@H](C)P1c1ccccc1P1[C@H](C)CC[C@@H]1C.O=[C-]c1ccccc1O.[Pt]. The molecule has 0 aromatic heterocycles. The van der Waals surface area contributed by atoms with Crippen LogP contribution in [0.15, 0.2) is 48.5 Å². The fourth-order valence-corrected chi connectivity index (χ4v) is 12.0. The average Bonchev–Trinajstić information content (AvgIpc) is 3.23. The Morgan fingerprint density at radius 1 is 0.733 bits per heavy atom. The van der Waals surface area contributed by atoms with Crippen LogP contribution in [0.3, 0.4) is 0 Å². The van der Waals surface area contributed by atoms with Crippen LogP contribution >= 0.6 is 15.8 Å². The number of phenols is 1. The topological polar surface area (TPSA) is 37.3 Å². The summed E-state index contributed by atoms with van der Waals surface area (Å²) in [6.07, 6.45) is 7.39. The molecule has 2 aromatic rings. The maximum atomic E-state index is 9.94. The number of benzene rings is 2. The number of carbonyl (C=O) groups excluding carboxylic acids is 1. The van der Waals surface area contributed by atoms with Crippen LogP contribution in [0.2, 0.25) is 0 Å². The van der Waals surface area contributed by atoms with E-state index in [4.69, 9.17) is 5.11 Å². The molecule has 2 saturated heterocycles. The summed E-state index contributed by atoms with van der Waals surface area (Å²) < 4.78 is 0. The van der Waals surface area contributed by atoms with Crippen molar-refractivity contribution in [2.45, 2.75) is 76.0 Å². The molecule has 166 valence electrons. The summed E-state index contributed by atoms with van der Waals surface area (Å²) in [5, 5.41) is 12.4. The van der Waals surface area contributed by atoms with Crippen LogP contribution in [0.4, 0.5) is 0 Å². The first-order chi connectivity index (χ1) is 13.9. The van der Waals surface area contributed by atoms with Gasteiger partial charge in [0.2, 0.25) is 0 Å². The second kappa shape index (κ2) is 11.9. The number of aromatic hydroxyl groups is 1. The third kappa shape index (κ3) is 5.82. The Morgan fingerprint density at radius 2 is 1.10 bits per heavy atom. The summed E-state index contributed by atoms with van der Waals surface area (Å²) >= 11 is 0. The zero-order valence-corrected chi connectivity index (χ0v) is 22.4. The summed E-state index contributed by atoms with van der Waals surface area (Å²) in [5.74, 6) is -0.0208. The minimum Gasteiger partial charge on any atom is -0.565 e. The van der Waals surface area contributed by atoms with Gasteiger partial charge in [0.15, 0.2) is 0 Å². The standard InChI is InChI=1S/C18H28P2.C7H5O2.Pt/c1-13-9-10-14(2)19(13)17-7-5-6-8-18(17)20-15(3)11-12-16(20)4;8-5-6-3-1-2-4-7(6)9;/h5-8,13-16H,9-12H2,1-4H3;1-4,9H;/q;-1;/t13-,14-,15-,16+,20?;;/m1../s1. The summed E-state index contributed by atoms with van der Waals surface area (Å²) in [7, 11) is 0.157. The molecule has 1 N–H and O–H groups in total. The molecule has 2 heterocycles. The first kappa shape index (κ1) is 25.7. The normalized spacial score (nSPS) is 28.3. The van der Waals surface area contributed by atoms with Crippen LogP contribution in [-0.2, 0) is 25.9 Å². The fourth-order valence-electron chi connectivity index (χ4n) is 4.80. The van der Waals surface area contributed by atoms with Crippen LogP contribution in [0.25, 0.3) is 0 Å². The Morgan fingerprint density at radius 3 is 1.43 bits per heavy atom. The second-order valence-electron chi connectivity index (χ2n) is 8.47. The average molecular weight is 623 g/mol. The van der Waals surface area contributed by atoms with Crippen molar-refractivity contribution >= 4 is 32.7 Å². The van der Waals surface area contributed by atoms with Gasteiger partial charge in [0.1, 0.15) is 0 Å². The van der Waals surface area contributed by atoms with Gasteiger partial charge >= 0.3 is 0 Å². The monoisotopic (exact) mass is 622 g/mol. The predicted octanol–water partition coefficient (Wildman–Crippen LogP) is 5.89. The van der Waals surface area contributed by atoms with Crippen molar-refractivity contribution in [3.8, 4) is 5.75 Å². The first-order valence-electron chi connectivity index (χ1n) is 10.8. The molecule has 5 atom stereocenters. The van der Waals surface area contributed by atoms with Gasteiger partial charge in [-0.3, -0.25) is 0 Å². The number of hydrogen-bond donors (Lipinski definition) is 1. The van der Waals surface area contributed by atoms with Gasteiger partial charge in [-0.1, -0.05) is 79.9 Å². The van der Waals surface area contributed by atoms with Gasteiger partial charge in [-0.2, -0.15) is 6.07 Å². The smallest absolute Gasteiger partial charge is 0.0662 e. The van der Waals surface area contributed by atoms with Crippen molar-refractivity contribution < 1.29 is 31.0 Å². The fraction of sp³-hybridized carbons (Fsp3) is 0.480. The maximum absolute atomic E-state index is 9.94. The Balaban J connectivity index is 0.000000272. The number of phenolic OH excluding ortho intramolecular Hbond substituents is 1. The molecule has 5 heteroatoms. The van der Waals surface area contributed by atoms with Crippen molar-refractivity contribution in [2.75, 3.05) is 0 Å². The third-order valence-electron chi connectivity index (χ3n) is 6.36. The molecule has 2 aromatic carbocycles. The number of rotatable bonds is 3. The van der Waals surface area contributed by atoms with E-state index in [2.05, 4.69) is 52.0 Å². The Labute approximate surface area is 199 Å². The van der Waals surface area contributed by atoms with Crippen LogP contribution in [-0.4, -0.2) is 34.0 Å². The van der Waals surface area contributed by atoms with Crippen LogP contribution in [0.5, 0.6) is 5.75 Å². The molecule has 0 spiro atoms. The first-order valence-corrected chi connectivity index (χ1v) is 13.7. The summed E-state index contributed by atoms with van der Waals surface area (Å²) in [6.45, 7) is 10.0. The number of para-hydroxylation sites is 1. The zero-order valence-electron chi connectivity index (χ0n) is 18.3. The second-order valence-corrected chi connectivity index (χ2v) is 14.6. The molecule has 2 fully saturated rings. The molecule has 0 aliphatic carbocycles. The van der Waals surface area contributed by atoms with E-state index in [1.165, 1.54) is 37.8 Å². The van der Waals surface area contributed by atoms with Crippen LogP contribution in [0.1, 0.15) is 58.9 Å². The number of hydrogen-bond acceptors (Lipinski definition) is 2. The molecular weight excluding hydrogens is 589 g/mol. The molecule has 0 amide bonds. The Kier molecular flexibility index (Phi) is 10.2. The quantitative estimate of drug-likeness (QED) is 0.343. The van der Waals surface area contributed by atoms with Gasteiger partial charge in [0, 0.05) is 26.8 Å². The van der Waals surface area contributed by atoms with Gasteiger partial charge in [-0.25, -0.2) is 0 Å². The molecule has 2 nitrogen and oxygen atoms in total. The van der Waals surface area contributed by atoms with Crippen molar-refractivity contribution in [1.29, 1.82) is 0 Å². The van der Waals surface area contributed by atoms with E-state index in [0.717, 1.165) is 22.6 Å². The van der Waals surface area contributed by atoms with Crippen molar-refractivity contribution in [1.82, 2.24) is 0 Å².